The van der Waals surface area contributed by atoms with Crippen molar-refractivity contribution >= 4 is 24.1 Å². The lowest BCUT2D eigenvalue weighted by Crippen LogP contribution is -2.42. The first-order valence-electron chi connectivity index (χ1n) is 11.4. The molecular formula is C22H35F3N6O5. The van der Waals surface area contributed by atoms with Gasteiger partial charge >= 0.3 is 24.3 Å². The fraction of sp³-hybridized carbons (Fsp3) is 0.682. The molecule has 0 aliphatic carbocycles. The highest BCUT2D eigenvalue weighted by molar-refractivity contribution is 5.96. The third kappa shape index (κ3) is 13.0. The number of hydrogen-bond acceptors (Lipinski definition) is 6. The molecule has 11 nitrogen and oxygen atoms in total. The van der Waals surface area contributed by atoms with E-state index in [1.807, 2.05) is 0 Å². The first kappa shape index (κ1) is 30.7. The zero-order valence-electron chi connectivity index (χ0n) is 21.4. The third-order valence-corrected chi connectivity index (χ3v) is 3.98. The number of carbonyl (C=O) groups excluding carboxylic acids is 3. The predicted octanol–water partition coefficient (Wildman–Crippen LogP) is 3.31. The number of amides is 3. The highest BCUT2D eigenvalue weighted by Crippen LogP contribution is 2.17. The van der Waals surface area contributed by atoms with Gasteiger partial charge in [-0.15, -0.1) is 0 Å². The Morgan fingerprint density at radius 3 is 1.75 bits per heavy atom. The van der Waals surface area contributed by atoms with Crippen LogP contribution in [-0.4, -0.2) is 82.3 Å². The summed E-state index contributed by atoms with van der Waals surface area (Å²) in [6.07, 6.45) is -3.17. The van der Waals surface area contributed by atoms with Gasteiger partial charge in [-0.1, -0.05) is 0 Å². The van der Waals surface area contributed by atoms with E-state index in [1.165, 1.54) is 23.4 Å². The second-order valence-electron chi connectivity index (χ2n) is 9.72. The van der Waals surface area contributed by atoms with Crippen molar-refractivity contribution in [2.24, 2.45) is 4.99 Å². The molecule has 1 aromatic rings. The van der Waals surface area contributed by atoms with Crippen LogP contribution in [-0.2, 0) is 14.3 Å². The van der Waals surface area contributed by atoms with Crippen LogP contribution in [0.2, 0.25) is 0 Å². The van der Waals surface area contributed by atoms with Crippen molar-refractivity contribution in [1.29, 1.82) is 0 Å². The van der Waals surface area contributed by atoms with Crippen molar-refractivity contribution in [3.8, 4) is 0 Å². The van der Waals surface area contributed by atoms with Crippen LogP contribution in [0.4, 0.5) is 22.8 Å². The fourth-order valence-corrected chi connectivity index (χ4v) is 2.67. The summed E-state index contributed by atoms with van der Waals surface area (Å²) in [6.45, 7) is 10.8. The zero-order valence-corrected chi connectivity index (χ0v) is 21.4. The Labute approximate surface area is 208 Å². The van der Waals surface area contributed by atoms with E-state index in [2.05, 4.69) is 20.7 Å². The first-order valence-corrected chi connectivity index (χ1v) is 11.4. The number of aliphatic imine (C=N–C) groups is 1. The van der Waals surface area contributed by atoms with Crippen LogP contribution in [0.3, 0.4) is 0 Å². The Morgan fingerprint density at radius 2 is 1.39 bits per heavy atom. The molecule has 3 amide bonds. The van der Waals surface area contributed by atoms with Crippen LogP contribution in [0.15, 0.2) is 23.5 Å². The minimum atomic E-state index is -5.17. The molecule has 1 aromatic heterocycles. The number of halogens is 3. The summed E-state index contributed by atoms with van der Waals surface area (Å²) in [5.41, 5.74) is -1.37. The quantitative estimate of drug-likeness (QED) is 0.306. The van der Waals surface area contributed by atoms with E-state index in [4.69, 9.17) is 9.47 Å². The van der Waals surface area contributed by atoms with Gasteiger partial charge in [0.15, 0.2) is 0 Å². The van der Waals surface area contributed by atoms with Crippen molar-refractivity contribution < 1.29 is 37.0 Å². The first-order chi connectivity index (χ1) is 16.5. The summed E-state index contributed by atoms with van der Waals surface area (Å²) in [6, 6.07) is 1.47. The molecule has 0 aliphatic rings. The van der Waals surface area contributed by atoms with Crippen LogP contribution in [0.1, 0.15) is 54.4 Å². The van der Waals surface area contributed by atoms with Crippen LogP contribution in [0.5, 0.6) is 0 Å². The number of ether oxygens (including phenoxy) is 2. The van der Waals surface area contributed by atoms with Gasteiger partial charge < -0.3 is 25.0 Å². The lowest BCUT2D eigenvalue weighted by atomic mass is 10.2. The van der Waals surface area contributed by atoms with E-state index in [1.54, 1.807) is 41.5 Å². The minimum absolute atomic E-state index is 0.117. The van der Waals surface area contributed by atoms with Crippen LogP contribution >= 0.6 is 0 Å². The molecule has 0 saturated carbocycles. The molecule has 0 atom stereocenters. The Hall–Kier alpha value is -3.32. The molecule has 1 rings (SSSR count). The summed E-state index contributed by atoms with van der Waals surface area (Å²) in [5, 5.41) is 9.04. The Morgan fingerprint density at radius 1 is 0.917 bits per heavy atom. The third-order valence-electron chi connectivity index (χ3n) is 3.98. The molecule has 0 spiro atoms. The van der Waals surface area contributed by atoms with E-state index in [-0.39, 0.29) is 32.1 Å². The van der Waals surface area contributed by atoms with E-state index < -0.39 is 35.5 Å². The number of alkyl carbamates (subject to hydrolysis) is 2. The van der Waals surface area contributed by atoms with Gasteiger partial charge in [0.2, 0.25) is 5.96 Å². The van der Waals surface area contributed by atoms with Gasteiger partial charge in [-0.2, -0.15) is 23.3 Å². The molecule has 36 heavy (non-hydrogen) atoms. The number of alkyl halides is 3. The molecule has 14 heteroatoms. The van der Waals surface area contributed by atoms with Crippen molar-refractivity contribution in [3.05, 3.63) is 18.5 Å². The smallest absolute Gasteiger partial charge is 0.444 e. The zero-order chi connectivity index (χ0) is 27.6. The van der Waals surface area contributed by atoms with Crippen molar-refractivity contribution in [2.45, 2.75) is 71.8 Å². The fourth-order valence-electron chi connectivity index (χ4n) is 2.67. The number of nitrogens with one attached hydrogen (secondary N) is 2. The second-order valence-corrected chi connectivity index (χ2v) is 9.72. The molecule has 0 radical (unpaired) electrons. The summed E-state index contributed by atoms with van der Waals surface area (Å²) in [4.78, 5) is 40.0. The molecule has 2 N–H and O–H groups in total. The molecule has 0 aromatic carbocycles. The van der Waals surface area contributed by atoms with E-state index >= 15 is 0 Å². The van der Waals surface area contributed by atoms with Crippen molar-refractivity contribution in [2.75, 3.05) is 26.2 Å². The predicted molar refractivity (Wildman–Crippen MR) is 125 cm³/mol. The molecule has 0 fully saturated rings. The van der Waals surface area contributed by atoms with Gasteiger partial charge in [0.1, 0.15) is 11.2 Å². The summed E-state index contributed by atoms with van der Waals surface area (Å²) >= 11 is 0. The van der Waals surface area contributed by atoms with E-state index in [0.717, 1.165) is 4.68 Å². The normalized spacial score (nSPS) is 12.6. The largest absolute Gasteiger partial charge is 0.473 e. The molecular weight excluding hydrogens is 485 g/mol. The number of rotatable bonds is 8. The maximum atomic E-state index is 12.9. The molecule has 0 bridgehead atoms. The molecule has 0 unspecified atom stereocenters. The summed E-state index contributed by atoms with van der Waals surface area (Å²) in [7, 11) is 0. The molecule has 0 aliphatic heterocycles. The molecule has 0 saturated heterocycles. The number of carbonyl (C=O) groups is 3. The van der Waals surface area contributed by atoms with Gasteiger partial charge in [0.05, 0.1) is 0 Å². The van der Waals surface area contributed by atoms with Gasteiger partial charge in [-0.05, 0) is 60.5 Å². The van der Waals surface area contributed by atoms with E-state index in [0.29, 0.717) is 12.8 Å². The van der Waals surface area contributed by atoms with Crippen LogP contribution in [0, 0.1) is 0 Å². The van der Waals surface area contributed by atoms with Gasteiger partial charge in [0, 0.05) is 38.6 Å². The van der Waals surface area contributed by atoms with Crippen LogP contribution < -0.4 is 10.6 Å². The maximum absolute atomic E-state index is 12.9. The molecule has 204 valence electrons. The summed E-state index contributed by atoms with van der Waals surface area (Å²) in [5.74, 6) is -2.62. The second kappa shape index (κ2) is 13.1. The Kier molecular flexibility index (Phi) is 11.2. The van der Waals surface area contributed by atoms with Crippen molar-refractivity contribution in [3.63, 3.8) is 0 Å². The van der Waals surface area contributed by atoms with Crippen LogP contribution in [0.25, 0.3) is 0 Å². The molecule has 1 heterocycles. The Bertz CT molecular complexity index is 853. The van der Waals surface area contributed by atoms with Gasteiger partial charge in [-0.25, -0.2) is 14.3 Å². The summed E-state index contributed by atoms with van der Waals surface area (Å²) < 4.78 is 50.2. The number of nitrogens with zero attached hydrogens (tertiary/aromatic N) is 4. The number of aromatic nitrogens is 2. The monoisotopic (exact) mass is 520 g/mol. The average Bonchev–Trinajstić information content (AvgIpc) is 3.22. The SMILES string of the molecule is CC(C)(C)OC(=O)NCCCN(CCCNC(=O)OC(C)(C)C)C(=NC(=O)C(F)(F)F)n1cccn1. The van der Waals surface area contributed by atoms with Gasteiger partial charge in [0.25, 0.3) is 0 Å². The lowest BCUT2D eigenvalue weighted by molar-refractivity contribution is -0.169. The lowest BCUT2D eigenvalue weighted by Gasteiger charge is -2.26. The number of hydrogen-bond donors (Lipinski definition) is 2. The highest BCUT2D eigenvalue weighted by Gasteiger charge is 2.39. The van der Waals surface area contributed by atoms with Gasteiger partial charge in [-0.3, -0.25) is 4.79 Å². The highest BCUT2D eigenvalue weighted by atomic mass is 19.4. The van der Waals surface area contributed by atoms with E-state index in [9.17, 15) is 27.6 Å². The standard InChI is InChI=1S/C22H35F3N6O5/c1-20(2,3)35-18(33)26-10-7-13-30(14-8-11-27-19(34)36-21(4,5)6)17(31-15-9-12-28-31)29-16(32)22(23,24)25/h9,12,15H,7-8,10-11,13-14H2,1-6H3,(H,26,33)(H,27,34). The average molecular weight is 521 g/mol. The maximum Gasteiger partial charge on any atom is 0.473 e. The van der Waals surface area contributed by atoms with Crippen molar-refractivity contribution in [1.82, 2.24) is 25.3 Å². The minimum Gasteiger partial charge on any atom is -0.444 e. The Balaban J connectivity index is 2.93. The topological polar surface area (TPSA) is 127 Å².